The molecule has 140 valence electrons. The average Bonchev–Trinajstić information content (AvgIpc) is 2.94. The molecule has 1 aliphatic rings. The minimum absolute atomic E-state index is 0.0445. The number of carbonyl (C=O) groups excluding carboxylic acids is 1. The Kier molecular flexibility index (Phi) is 5.74. The van der Waals surface area contributed by atoms with Crippen molar-refractivity contribution in [2.45, 2.75) is 32.4 Å². The van der Waals surface area contributed by atoms with Crippen LogP contribution in [0.2, 0.25) is 0 Å². The fraction of sp³-hybridized carbons (Fsp3) is 0.500. The third kappa shape index (κ3) is 3.97. The third-order valence-electron chi connectivity index (χ3n) is 5.13. The van der Waals surface area contributed by atoms with Gasteiger partial charge in [-0.05, 0) is 26.5 Å². The van der Waals surface area contributed by atoms with Crippen molar-refractivity contribution in [3.63, 3.8) is 0 Å². The van der Waals surface area contributed by atoms with Gasteiger partial charge in [-0.3, -0.25) is 9.69 Å². The highest BCUT2D eigenvalue weighted by molar-refractivity contribution is 5.79. The van der Waals surface area contributed by atoms with Gasteiger partial charge in [0, 0.05) is 25.7 Å². The lowest BCUT2D eigenvalue weighted by Gasteiger charge is -2.40. The fourth-order valence-electron chi connectivity index (χ4n) is 3.55. The minimum Gasteiger partial charge on any atom is -0.373 e. The van der Waals surface area contributed by atoms with Crippen molar-refractivity contribution in [3.8, 4) is 0 Å². The second-order valence-corrected chi connectivity index (χ2v) is 7.00. The van der Waals surface area contributed by atoms with Gasteiger partial charge in [0.15, 0.2) is 0 Å². The number of likely N-dealkylation sites (N-methyl/N-ethyl adjacent to an activating group) is 2. The maximum Gasteiger partial charge on any atom is 0.227 e. The number of hydrogen-bond donors (Lipinski definition) is 0. The van der Waals surface area contributed by atoms with Gasteiger partial charge in [0.2, 0.25) is 5.91 Å². The Labute approximate surface area is 154 Å². The van der Waals surface area contributed by atoms with Crippen LogP contribution in [0.4, 0.5) is 0 Å². The zero-order chi connectivity index (χ0) is 18.7. The van der Waals surface area contributed by atoms with Crippen LogP contribution in [0.25, 0.3) is 0 Å². The molecule has 1 aromatic carbocycles. The monoisotopic (exact) mass is 357 g/mol. The van der Waals surface area contributed by atoms with Crippen molar-refractivity contribution >= 4 is 5.91 Å². The van der Waals surface area contributed by atoms with E-state index in [2.05, 4.69) is 29.2 Å². The van der Waals surface area contributed by atoms with Gasteiger partial charge in [-0.1, -0.05) is 35.5 Å². The van der Waals surface area contributed by atoms with E-state index < -0.39 is 0 Å². The lowest BCUT2D eigenvalue weighted by atomic mass is 9.98. The van der Waals surface area contributed by atoms with Gasteiger partial charge in [-0.25, -0.2) is 0 Å². The summed E-state index contributed by atoms with van der Waals surface area (Å²) in [6.45, 7) is 5.81. The molecule has 1 saturated heterocycles. The molecule has 0 N–H and O–H groups in total. The Morgan fingerprint density at radius 1 is 1.31 bits per heavy atom. The minimum atomic E-state index is -0.0604. The summed E-state index contributed by atoms with van der Waals surface area (Å²) in [7, 11) is 3.94. The van der Waals surface area contributed by atoms with Crippen LogP contribution in [0, 0.1) is 13.8 Å². The molecule has 0 saturated carbocycles. The molecular weight excluding hydrogens is 330 g/mol. The van der Waals surface area contributed by atoms with Crippen molar-refractivity contribution in [1.82, 2.24) is 15.0 Å². The molecule has 2 aromatic rings. The van der Waals surface area contributed by atoms with E-state index in [-0.39, 0.29) is 18.1 Å². The molecule has 0 aliphatic carbocycles. The van der Waals surface area contributed by atoms with Gasteiger partial charge in [-0.2, -0.15) is 0 Å². The van der Waals surface area contributed by atoms with Crippen LogP contribution in [0.5, 0.6) is 0 Å². The molecule has 0 unspecified atom stereocenters. The van der Waals surface area contributed by atoms with E-state index in [1.54, 1.807) is 4.90 Å². The first-order valence-electron chi connectivity index (χ1n) is 9.00. The molecule has 0 bridgehead atoms. The van der Waals surface area contributed by atoms with Gasteiger partial charge in [0.1, 0.15) is 5.76 Å². The maximum absolute atomic E-state index is 12.7. The van der Waals surface area contributed by atoms with Gasteiger partial charge < -0.3 is 14.2 Å². The highest BCUT2D eigenvalue weighted by Crippen LogP contribution is 2.28. The zero-order valence-electron chi connectivity index (χ0n) is 15.9. The van der Waals surface area contributed by atoms with Crippen molar-refractivity contribution in [1.29, 1.82) is 0 Å². The SMILES string of the molecule is Cc1noc(C)c1CC(=O)N(C)C[C@@H]1OCCN(C)[C@H]1c1ccccc1. The molecule has 6 nitrogen and oxygen atoms in total. The standard InChI is InChI=1S/C20H27N3O3/c1-14-17(15(2)26-21-14)12-19(24)23(4)13-18-20(22(3)10-11-25-18)16-8-6-5-7-9-16/h5-9,18,20H,10-13H2,1-4H3/t18-,20-/m0/s1. The molecule has 1 fully saturated rings. The molecule has 2 atom stereocenters. The smallest absolute Gasteiger partial charge is 0.227 e. The van der Waals surface area contributed by atoms with E-state index in [0.29, 0.717) is 25.3 Å². The number of morpholine rings is 1. The fourth-order valence-corrected chi connectivity index (χ4v) is 3.55. The number of amides is 1. The second-order valence-electron chi connectivity index (χ2n) is 7.00. The van der Waals surface area contributed by atoms with E-state index >= 15 is 0 Å². The summed E-state index contributed by atoms with van der Waals surface area (Å²) in [5.74, 6) is 0.753. The number of aryl methyl sites for hydroxylation is 2. The summed E-state index contributed by atoms with van der Waals surface area (Å²) in [5, 5.41) is 3.93. The lowest BCUT2D eigenvalue weighted by molar-refractivity contribution is -0.134. The van der Waals surface area contributed by atoms with Crippen LogP contribution >= 0.6 is 0 Å². The van der Waals surface area contributed by atoms with Crippen LogP contribution in [0.3, 0.4) is 0 Å². The Balaban J connectivity index is 1.70. The number of benzene rings is 1. The predicted molar refractivity (Wildman–Crippen MR) is 98.9 cm³/mol. The van der Waals surface area contributed by atoms with E-state index in [9.17, 15) is 4.79 Å². The van der Waals surface area contributed by atoms with Gasteiger partial charge in [0.25, 0.3) is 0 Å². The number of aromatic nitrogens is 1. The van der Waals surface area contributed by atoms with Crippen molar-refractivity contribution < 1.29 is 14.1 Å². The summed E-state index contributed by atoms with van der Waals surface area (Å²) in [6.07, 6.45) is 0.241. The molecule has 1 amide bonds. The maximum atomic E-state index is 12.7. The summed E-state index contributed by atoms with van der Waals surface area (Å²) in [4.78, 5) is 16.8. The molecule has 1 aliphatic heterocycles. The van der Waals surface area contributed by atoms with Crippen LogP contribution in [0.1, 0.15) is 28.6 Å². The van der Waals surface area contributed by atoms with E-state index in [0.717, 1.165) is 17.8 Å². The first-order chi connectivity index (χ1) is 12.5. The van der Waals surface area contributed by atoms with Crippen molar-refractivity contribution in [3.05, 3.63) is 52.9 Å². The van der Waals surface area contributed by atoms with Gasteiger partial charge >= 0.3 is 0 Å². The third-order valence-corrected chi connectivity index (χ3v) is 5.13. The molecule has 6 heteroatoms. The molecular formula is C20H27N3O3. The summed E-state index contributed by atoms with van der Waals surface area (Å²) >= 11 is 0. The molecule has 1 aromatic heterocycles. The summed E-state index contributed by atoms with van der Waals surface area (Å²) < 4.78 is 11.2. The Hall–Kier alpha value is -2.18. The molecule has 3 rings (SSSR count). The topological polar surface area (TPSA) is 58.8 Å². The highest BCUT2D eigenvalue weighted by atomic mass is 16.5. The van der Waals surface area contributed by atoms with Gasteiger partial charge in [-0.15, -0.1) is 0 Å². The lowest BCUT2D eigenvalue weighted by Crippen LogP contribution is -2.48. The zero-order valence-corrected chi connectivity index (χ0v) is 15.9. The Bertz CT molecular complexity index is 725. The van der Waals surface area contributed by atoms with E-state index in [1.807, 2.05) is 39.1 Å². The Morgan fingerprint density at radius 2 is 2.04 bits per heavy atom. The molecule has 26 heavy (non-hydrogen) atoms. The predicted octanol–water partition coefficient (Wildman–Crippen LogP) is 2.36. The average molecular weight is 357 g/mol. The normalized spacial score (nSPS) is 20.9. The number of ether oxygens (including phenoxy) is 1. The second kappa shape index (κ2) is 8.01. The number of nitrogens with zero attached hydrogens (tertiary/aromatic N) is 3. The largest absolute Gasteiger partial charge is 0.373 e. The van der Waals surface area contributed by atoms with E-state index in [1.165, 1.54) is 5.56 Å². The Morgan fingerprint density at radius 3 is 2.69 bits per heavy atom. The first kappa shape index (κ1) is 18.6. The number of hydrogen-bond acceptors (Lipinski definition) is 5. The van der Waals surface area contributed by atoms with Crippen LogP contribution in [-0.2, 0) is 16.0 Å². The molecule has 0 radical (unpaired) electrons. The number of carbonyl (C=O) groups is 1. The van der Waals surface area contributed by atoms with Crippen LogP contribution < -0.4 is 0 Å². The van der Waals surface area contributed by atoms with Crippen LogP contribution in [-0.4, -0.2) is 60.8 Å². The van der Waals surface area contributed by atoms with Crippen molar-refractivity contribution in [2.24, 2.45) is 0 Å². The highest BCUT2D eigenvalue weighted by Gasteiger charge is 2.33. The van der Waals surface area contributed by atoms with Crippen LogP contribution in [0.15, 0.2) is 34.9 Å². The summed E-state index contributed by atoms with van der Waals surface area (Å²) in [6, 6.07) is 10.5. The first-order valence-corrected chi connectivity index (χ1v) is 9.00. The van der Waals surface area contributed by atoms with E-state index in [4.69, 9.17) is 9.26 Å². The summed E-state index contributed by atoms with van der Waals surface area (Å²) in [5.41, 5.74) is 2.87. The molecule has 0 spiro atoms. The van der Waals surface area contributed by atoms with Crippen molar-refractivity contribution in [2.75, 3.05) is 33.8 Å². The quantitative estimate of drug-likeness (QED) is 0.822. The number of rotatable bonds is 5. The van der Waals surface area contributed by atoms with Gasteiger partial charge in [0.05, 0.1) is 30.9 Å². The molecule has 2 heterocycles.